The molecular weight excluding hydrogens is 464 g/mol. The molecule has 4 aromatic rings. The van der Waals surface area contributed by atoms with Gasteiger partial charge in [0, 0.05) is 0 Å². The second-order valence-corrected chi connectivity index (χ2v) is 15.6. The second kappa shape index (κ2) is 8.06. The summed E-state index contributed by atoms with van der Waals surface area (Å²) in [7, 11) is 0. The van der Waals surface area contributed by atoms with Crippen LogP contribution in [0.1, 0.15) is 43.4 Å². The predicted octanol–water partition coefficient (Wildman–Crippen LogP) is 8.02. The monoisotopic (exact) mass is 488 g/mol. The number of rotatable bonds is 3. The molecule has 0 heterocycles. The van der Waals surface area contributed by atoms with Crippen LogP contribution in [0, 0.1) is 0 Å². The Morgan fingerprint density at radius 2 is 1.16 bits per heavy atom. The Balaban J connectivity index is 1.52. The first-order valence-corrected chi connectivity index (χ1v) is 15.7. The van der Waals surface area contributed by atoms with Gasteiger partial charge in [0.2, 0.25) is 0 Å². The van der Waals surface area contributed by atoms with Crippen LogP contribution in [-0.2, 0) is 21.3 Å². The SMILES string of the molecule is C[CH]=[Zr]([CH]1C(C)=Cc2c(-c3ccccc3)cccc21)[CH]1c2ccccc2-c2ccccc21. The van der Waals surface area contributed by atoms with Crippen molar-refractivity contribution in [2.75, 3.05) is 0 Å². The van der Waals surface area contributed by atoms with Gasteiger partial charge in [-0.15, -0.1) is 0 Å². The zero-order valence-electron chi connectivity index (χ0n) is 18.5. The van der Waals surface area contributed by atoms with Crippen LogP contribution in [0.25, 0.3) is 28.3 Å². The van der Waals surface area contributed by atoms with Crippen molar-refractivity contribution in [3.63, 3.8) is 0 Å². The molecule has 0 radical (unpaired) electrons. The molecule has 2 aliphatic rings. The van der Waals surface area contributed by atoms with Gasteiger partial charge in [-0.2, -0.15) is 0 Å². The minimum absolute atomic E-state index is 0.578. The van der Waals surface area contributed by atoms with Crippen molar-refractivity contribution in [3.05, 3.63) is 125 Å². The van der Waals surface area contributed by atoms with E-state index in [2.05, 4.69) is 121 Å². The molecule has 32 heavy (non-hydrogen) atoms. The third kappa shape index (κ3) is 3.02. The van der Waals surface area contributed by atoms with E-state index < -0.39 is 21.3 Å². The fourth-order valence-electron chi connectivity index (χ4n) is 5.88. The summed E-state index contributed by atoms with van der Waals surface area (Å²) >= 11 is -2.14. The van der Waals surface area contributed by atoms with E-state index in [1.165, 1.54) is 27.8 Å². The number of fused-ring (bicyclic) bond motifs is 4. The molecule has 2 aliphatic carbocycles. The average molecular weight is 490 g/mol. The second-order valence-electron chi connectivity index (χ2n) is 8.89. The summed E-state index contributed by atoms with van der Waals surface area (Å²) in [6.45, 7) is 4.71. The molecule has 0 N–H and O–H groups in total. The van der Waals surface area contributed by atoms with Gasteiger partial charge in [0.25, 0.3) is 0 Å². The fourth-order valence-corrected chi connectivity index (χ4v) is 14.3. The molecule has 6 rings (SSSR count). The van der Waals surface area contributed by atoms with Gasteiger partial charge in [-0.1, -0.05) is 0 Å². The molecular formula is C31H26Zr. The molecule has 0 saturated heterocycles. The molecule has 0 amide bonds. The summed E-state index contributed by atoms with van der Waals surface area (Å²) in [5.74, 6) is 0. The standard InChI is InChI=1S/C16H13.C13H9.C2H4.Zr/c1-12-10-14-8-5-9-15(16(14)11-12)13-6-3-2-4-7-13;1-3-7-12-10(5-1)9-11-6-2-4-8-13(11)12;1-2;/h2-11H,1H3;1-9H;1H,2H3;. The molecule has 0 bridgehead atoms. The van der Waals surface area contributed by atoms with Crippen molar-refractivity contribution < 1.29 is 21.3 Å². The molecule has 154 valence electrons. The van der Waals surface area contributed by atoms with Crippen LogP contribution in [-0.4, -0.2) is 3.71 Å². The van der Waals surface area contributed by atoms with Crippen LogP contribution in [0.5, 0.6) is 0 Å². The van der Waals surface area contributed by atoms with E-state index in [4.69, 9.17) is 0 Å². The first kappa shape index (κ1) is 20.0. The first-order valence-electron chi connectivity index (χ1n) is 11.5. The number of benzene rings is 4. The maximum absolute atomic E-state index is 2.65. The molecule has 1 unspecified atom stereocenters. The van der Waals surface area contributed by atoms with Crippen molar-refractivity contribution in [2.24, 2.45) is 0 Å². The van der Waals surface area contributed by atoms with Gasteiger partial charge in [0.1, 0.15) is 0 Å². The van der Waals surface area contributed by atoms with E-state index in [1.807, 2.05) is 0 Å². The summed E-state index contributed by atoms with van der Waals surface area (Å²) in [5, 5.41) is 0. The summed E-state index contributed by atoms with van der Waals surface area (Å²) in [6.07, 6.45) is 2.49. The molecule has 4 aromatic carbocycles. The average Bonchev–Trinajstić information content (AvgIpc) is 3.36. The molecule has 0 saturated carbocycles. The summed E-state index contributed by atoms with van der Waals surface area (Å²) < 4.78 is 3.82. The zero-order valence-corrected chi connectivity index (χ0v) is 21.0. The van der Waals surface area contributed by atoms with Crippen LogP contribution in [0.15, 0.2) is 103 Å². The Bertz CT molecular complexity index is 1350. The van der Waals surface area contributed by atoms with Crippen LogP contribution in [0.2, 0.25) is 0 Å². The van der Waals surface area contributed by atoms with Crippen molar-refractivity contribution in [1.82, 2.24) is 0 Å². The van der Waals surface area contributed by atoms with E-state index in [-0.39, 0.29) is 0 Å². The van der Waals surface area contributed by atoms with E-state index >= 15 is 0 Å². The Morgan fingerprint density at radius 1 is 0.594 bits per heavy atom. The number of hydrogen-bond donors (Lipinski definition) is 0. The molecule has 0 fully saturated rings. The first-order chi connectivity index (χ1) is 15.8. The Hall–Kier alpha value is -2.63. The Morgan fingerprint density at radius 3 is 1.81 bits per heavy atom. The van der Waals surface area contributed by atoms with Gasteiger partial charge in [0.05, 0.1) is 0 Å². The van der Waals surface area contributed by atoms with E-state index in [0.717, 1.165) is 0 Å². The van der Waals surface area contributed by atoms with Gasteiger partial charge >= 0.3 is 199 Å². The van der Waals surface area contributed by atoms with E-state index in [0.29, 0.717) is 7.25 Å². The van der Waals surface area contributed by atoms with Gasteiger partial charge in [-0.3, -0.25) is 0 Å². The quantitative estimate of drug-likeness (QED) is 0.273. The fraction of sp³-hybridized carbons (Fsp3) is 0.129. The van der Waals surface area contributed by atoms with Crippen LogP contribution < -0.4 is 0 Å². The molecule has 0 aromatic heterocycles. The third-order valence-electron chi connectivity index (χ3n) is 7.20. The van der Waals surface area contributed by atoms with Crippen molar-refractivity contribution in [2.45, 2.75) is 21.1 Å². The zero-order chi connectivity index (χ0) is 21.7. The van der Waals surface area contributed by atoms with Gasteiger partial charge in [-0.25, -0.2) is 0 Å². The molecule has 0 spiro atoms. The summed E-state index contributed by atoms with van der Waals surface area (Å²) in [4.78, 5) is 0. The predicted molar refractivity (Wildman–Crippen MR) is 134 cm³/mol. The van der Waals surface area contributed by atoms with Gasteiger partial charge < -0.3 is 0 Å². The van der Waals surface area contributed by atoms with Crippen molar-refractivity contribution in [3.8, 4) is 22.3 Å². The molecule has 1 atom stereocenters. The summed E-state index contributed by atoms with van der Waals surface area (Å²) in [6, 6.07) is 36.1. The minimum atomic E-state index is -2.14. The molecule has 1 heteroatoms. The van der Waals surface area contributed by atoms with E-state index in [1.54, 1.807) is 22.3 Å². The molecule has 0 nitrogen and oxygen atoms in total. The Kier molecular flexibility index (Phi) is 5.04. The van der Waals surface area contributed by atoms with Crippen LogP contribution in [0.3, 0.4) is 0 Å². The van der Waals surface area contributed by atoms with Gasteiger partial charge in [-0.05, 0) is 0 Å². The van der Waals surface area contributed by atoms with Crippen molar-refractivity contribution in [1.29, 1.82) is 0 Å². The maximum atomic E-state index is 2.65. The third-order valence-corrected chi connectivity index (χ3v) is 15.5. The van der Waals surface area contributed by atoms with E-state index in [9.17, 15) is 0 Å². The Labute approximate surface area is 198 Å². The van der Waals surface area contributed by atoms with Gasteiger partial charge in [0.15, 0.2) is 0 Å². The topological polar surface area (TPSA) is 0 Å². The van der Waals surface area contributed by atoms with Crippen LogP contribution in [0.4, 0.5) is 0 Å². The number of hydrogen-bond acceptors (Lipinski definition) is 0. The summed E-state index contributed by atoms with van der Waals surface area (Å²) in [5.41, 5.74) is 13.3. The van der Waals surface area contributed by atoms with Crippen molar-refractivity contribution >= 4 is 9.78 Å². The molecule has 0 aliphatic heterocycles. The van der Waals surface area contributed by atoms with Crippen LogP contribution >= 0.6 is 0 Å². The normalized spacial score (nSPS) is 17.0. The number of allylic oxidation sites excluding steroid dienone is 1.